The van der Waals surface area contributed by atoms with Crippen LogP contribution in [0.5, 0.6) is 11.6 Å². The van der Waals surface area contributed by atoms with Crippen molar-refractivity contribution < 1.29 is 23.4 Å². The van der Waals surface area contributed by atoms with Crippen LogP contribution in [0.25, 0.3) is 22.3 Å². The van der Waals surface area contributed by atoms with Crippen LogP contribution in [0, 0.1) is 5.92 Å². The standard InChI is InChI=1S/C25H32FN5O4Si/c1-33-25-21(19(9-10-27-25)35-15-5-6-15)22-16-7-8-20(29-24(32)17-13-18(17)26)28-23(16)31(30-22)14-34-11-12-36(2,3)4/h7-10,15,17-18H,5-6,11-14H2,1-4H3,(H,28,29,32)/t17-,18+/m1/s1. The Bertz CT molecular complexity index is 1270. The van der Waals surface area contributed by atoms with Gasteiger partial charge in [0.05, 0.1) is 19.1 Å². The van der Waals surface area contributed by atoms with Crippen LogP contribution < -0.4 is 14.8 Å². The summed E-state index contributed by atoms with van der Waals surface area (Å²) >= 11 is 0. The van der Waals surface area contributed by atoms with E-state index in [9.17, 15) is 9.18 Å². The molecule has 2 aliphatic carbocycles. The van der Waals surface area contributed by atoms with E-state index in [-0.39, 0.29) is 25.2 Å². The highest BCUT2D eigenvalue weighted by Gasteiger charge is 2.43. The fourth-order valence-electron chi connectivity index (χ4n) is 3.84. The maximum atomic E-state index is 13.4. The second-order valence-corrected chi connectivity index (χ2v) is 16.2. The number of rotatable bonds is 11. The maximum Gasteiger partial charge on any atom is 0.231 e. The van der Waals surface area contributed by atoms with Crippen molar-refractivity contribution >= 4 is 30.8 Å². The Hall–Kier alpha value is -3.05. The minimum Gasteiger partial charge on any atom is -0.489 e. The lowest BCUT2D eigenvalue weighted by Gasteiger charge is -2.15. The van der Waals surface area contributed by atoms with Gasteiger partial charge in [0.2, 0.25) is 11.8 Å². The number of anilines is 1. The Labute approximate surface area is 210 Å². The molecule has 2 atom stereocenters. The van der Waals surface area contributed by atoms with Crippen molar-refractivity contribution in [3.63, 3.8) is 0 Å². The Morgan fingerprint density at radius 3 is 2.69 bits per heavy atom. The predicted octanol–water partition coefficient (Wildman–Crippen LogP) is 4.65. The van der Waals surface area contributed by atoms with Crippen molar-refractivity contribution in [2.24, 2.45) is 5.92 Å². The number of hydrogen-bond acceptors (Lipinski definition) is 7. The van der Waals surface area contributed by atoms with E-state index in [0.717, 1.165) is 24.3 Å². The Kier molecular flexibility index (Phi) is 6.69. The molecule has 0 spiro atoms. The molecule has 5 rings (SSSR count). The van der Waals surface area contributed by atoms with Crippen molar-refractivity contribution in [2.45, 2.75) is 64.0 Å². The highest BCUT2D eigenvalue weighted by atomic mass is 28.3. The zero-order valence-electron chi connectivity index (χ0n) is 21.1. The second kappa shape index (κ2) is 9.77. The van der Waals surface area contributed by atoms with Gasteiger partial charge in [0.1, 0.15) is 35.7 Å². The van der Waals surface area contributed by atoms with Crippen LogP contribution in [0.3, 0.4) is 0 Å². The van der Waals surface area contributed by atoms with E-state index in [4.69, 9.17) is 19.3 Å². The first-order valence-electron chi connectivity index (χ1n) is 12.3. The Morgan fingerprint density at radius 2 is 2.03 bits per heavy atom. The number of carbonyl (C=O) groups excluding carboxylic acids is 1. The lowest BCUT2D eigenvalue weighted by molar-refractivity contribution is -0.117. The molecule has 1 N–H and O–H groups in total. The van der Waals surface area contributed by atoms with Crippen LogP contribution >= 0.6 is 0 Å². The van der Waals surface area contributed by atoms with Gasteiger partial charge in [0.15, 0.2) is 5.65 Å². The minimum atomic E-state index is -1.25. The van der Waals surface area contributed by atoms with Gasteiger partial charge in [-0.3, -0.25) is 4.79 Å². The van der Waals surface area contributed by atoms with E-state index < -0.39 is 20.2 Å². The summed E-state index contributed by atoms with van der Waals surface area (Å²) in [6.45, 7) is 7.71. The highest BCUT2D eigenvalue weighted by Crippen LogP contribution is 2.42. The van der Waals surface area contributed by atoms with E-state index >= 15 is 0 Å². The molecule has 11 heteroatoms. The summed E-state index contributed by atoms with van der Waals surface area (Å²) in [5.41, 5.74) is 1.79. The van der Waals surface area contributed by atoms with Gasteiger partial charge < -0.3 is 19.5 Å². The lowest BCUT2D eigenvalue weighted by Crippen LogP contribution is -2.22. The third-order valence-corrected chi connectivity index (χ3v) is 7.94. The summed E-state index contributed by atoms with van der Waals surface area (Å²) in [6, 6.07) is 6.37. The van der Waals surface area contributed by atoms with Crippen LogP contribution in [-0.2, 0) is 16.3 Å². The Balaban J connectivity index is 1.52. The van der Waals surface area contributed by atoms with Crippen LogP contribution in [0.1, 0.15) is 19.3 Å². The lowest BCUT2D eigenvalue weighted by atomic mass is 10.1. The van der Waals surface area contributed by atoms with Gasteiger partial charge >= 0.3 is 0 Å². The molecule has 2 fully saturated rings. The molecular formula is C25H32FN5O4Si. The van der Waals surface area contributed by atoms with E-state index in [1.54, 1.807) is 24.1 Å². The third-order valence-electron chi connectivity index (χ3n) is 6.23. The molecule has 3 aromatic rings. The number of alkyl halides is 1. The highest BCUT2D eigenvalue weighted by molar-refractivity contribution is 6.76. The molecule has 3 aromatic heterocycles. The summed E-state index contributed by atoms with van der Waals surface area (Å²) in [4.78, 5) is 21.3. The SMILES string of the molecule is COc1nccc(OC2CC2)c1-c1nn(COCC[Si](C)(C)C)c2nc(NC(=O)[C@@H]3C[C@@H]3F)ccc12. The first-order chi connectivity index (χ1) is 17.2. The summed E-state index contributed by atoms with van der Waals surface area (Å²) in [6.07, 6.45) is 3.03. The number of fused-ring (bicyclic) bond motifs is 1. The number of ether oxygens (including phenoxy) is 3. The van der Waals surface area contributed by atoms with E-state index in [2.05, 4.69) is 34.9 Å². The van der Waals surface area contributed by atoms with Crippen LogP contribution in [0.2, 0.25) is 25.7 Å². The molecule has 0 saturated heterocycles. The topological polar surface area (TPSA) is 100 Å². The Morgan fingerprint density at radius 1 is 1.25 bits per heavy atom. The van der Waals surface area contributed by atoms with Crippen molar-refractivity contribution in [2.75, 3.05) is 19.0 Å². The van der Waals surface area contributed by atoms with E-state index in [0.29, 0.717) is 41.0 Å². The average molecular weight is 514 g/mol. The number of halogens is 1. The average Bonchev–Trinajstić information content (AvgIpc) is 3.75. The first kappa shape index (κ1) is 24.6. The number of hydrogen-bond donors (Lipinski definition) is 1. The first-order valence-corrected chi connectivity index (χ1v) is 16.0. The molecule has 36 heavy (non-hydrogen) atoms. The van der Waals surface area contributed by atoms with Gasteiger partial charge in [-0.15, -0.1) is 0 Å². The van der Waals surface area contributed by atoms with Gasteiger partial charge in [-0.1, -0.05) is 19.6 Å². The zero-order valence-corrected chi connectivity index (χ0v) is 22.1. The number of nitrogens with one attached hydrogen (secondary N) is 1. The van der Waals surface area contributed by atoms with Gasteiger partial charge in [-0.05, 0) is 43.5 Å². The van der Waals surface area contributed by atoms with E-state index in [1.165, 1.54) is 0 Å². The molecule has 2 saturated carbocycles. The third kappa shape index (κ3) is 5.51. The quantitative estimate of drug-likeness (QED) is 0.294. The zero-order chi connectivity index (χ0) is 25.4. The largest absolute Gasteiger partial charge is 0.489 e. The number of carbonyl (C=O) groups is 1. The van der Waals surface area contributed by atoms with Crippen LogP contribution in [0.4, 0.5) is 10.2 Å². The second-order valence-electron chi connectivity index (χ2n) is 10.6. The molecular weight excluding hydrogens is 481 g/mol. The summed E-state index contributed by atoms with van der Waals surface area (Å²) < 4.78 is 32.7. The molecule has 0 unspecified atom stereocenters. The van der Waals surface area contributed by atoms with Crippen molar-refractivity contribution in [1.29, 1.82) is 0 Å². The van der Waals surface area contributed by atoms with Gasteiger partial charge in [-0.2, -0.15) is 5.10 Å². The van der Waals surface area contributed by atoms with Crippen LogP contribution in [0.15, 0.2) is 24.4 Å². The fourth-order valence-corrected chi connectivity index (χ4v) is 4.60. The van der Waals surface area contributed by atoms with Crippen molar-refractivity contribution in [3.8, 4) is 22.9 Å². The fraction of sp³-hybridized carbons (Fsp3) is 0.520. The number of amides is 1. The molecule has 0 radical (unpaired) electrons. The van der Waals surface area contributed by atoms with Gasteiger partial charge in [0.25, 0.3) is 0 Å². The van der Waals surface area contributed by atoms with Gasteiger partial charge in [-0.25, -0.2) is 19.0 Å². The van der Waals surface area contributed by atoms with Crippen LogP contribution in [-0.4, -0.2) is 59.7 Å². The monoisotopic (exact) mass is 513 g/mol. The maximum absolute atomic E-state index is 13.4. The molecule has 0 aromatic carbocycles. The molecule has 0 aliphatic heterocycles. The smallest absolute Gasteiger partial charge is 0.231 e. The molecule has 3 heterocycles. The minimum absolute atomic E-state index is 0.177. The number of methoxy groups -OCH3 is 1. The van der Waals surface area contributed by atoms with Gasteiger partial charge in [0, 0.05) is 26.3 Å². The molecule has 1 amide bonds. The van der Waals surface area contributed by atoms with Crippen molar-refractivity contribution in [1.82, 2.24) is 19.7 Å². The predicted molar refractivity (Wildman–Crippen MR) is 137 cm³/mol. The van der Waals surface area contributed by atoms with Crippen molar-refractivity contribution in [3.05, 3.63) is 24.4 Å². The molecule has 192 valence electrons. The molecule has 2 aliphatic rings. The summed E-state index contributed by atoms with van der Waals surface area (Å²) in [5.74, 6) is 0.430. The number of nitrogens with zero attached hydrogens (tertiary/aromatic N) is 4. The normalized spacial score (nSPS) is 19.4. The number of aromatic nitrogens is 4. The van der Waals surface area contributed by atoms with E-state index in [1.807, 2.05) is 12.1 Å². The summed E-state index contributed by atoms with van der Waals surface area (Å²) in [5, 5.41) is 8.31. The summed E-state index contributed by atoms with van der Waals surface area (Å²) in [7, 11) is 0.309. The molecule has 0 bridgehead atoms. The number of pyridine rings is 2. The molecule has 9 nitrogen and oxygen atoms in total.